The van der Waals surface area contributed by atoms with Crippen molar-refractivity contribution in [2.75, 3.05) is 0 Å². The van der Waals surface area contributed by atoms with Crippen LogP contribution < -0.4 is 0 Å². The minimum absolute atomic E-state index is 0.00241. The lowest BCUT2D eigenvalue weighted by Gasteiger charge is -2.10. The van der Waals surface area contributed by atoms with E-state index in [0.29, 0.717) is 5.56 Å². The Labute approximate surface area is 146 Å². The zero-order valence-corrected chi connectivity index (χ0v) is 13.2. The van der Waals surface area contributed by atoms with Crippen molar-refractivity contribution in [1.82, 2.24) is 15.0 Å². The number of aromatic hydroxyl groups is 4. The molecule has 0 saturated heterocycles. The molecule has 0 atom stereocenters. The summed E-state index contributed by atoms with van der Waals surface area (Å²) in [6, 6.07) is 6.35. The number of benzene rings is 2. The van der Waals surface area contributed by atoms with Crippen LogP contribution in [0.25, 0.3) is 22.8 Å². The maximum atomic E-state index is 10.9. The zero-order valence-electron chi connectivity index (χ0n) is 13.2. The number of phenolic OH excluding ortho intramolecular Hbond substituents is 4. The molecule has 0 aliphatic carbocycles. The van der Waals surface area contributed by atoms with Gasteiger partial charge in [0.1, 0.15) is 17.8 Å². The van der Waals surface area contributed by atoms with Crippen molar-refractivity contribution < 1.29 is 30.3 Å². The van der Waals surface area contributed by atoms with Gasteiger partial charge in [-0.05, 0) is 30.3 Å². The highest BCUT2D eigenvalue weighted by atomic mass is 16.4. The molecule has 5 N–H and O–H groups in total. The molecule has 1 aromatic heterocycles. The lowest BCUT2D eigenvalue weighted by atomic mass is 10.0. The molecule has 0 radical (unpaired) electrons. The summed E-state index contributed by atoms with van der Waals surface area (Å²) < 4.78 is 0. The van der Waals surface area contributed by atoms with Crippen molar-refractivity contribution in [1.29, 1.82) is 0 Å². The summed E-state index contributed by atoms with van der Waals surface area (Å²) in [5, 5.41) is 48.0. The monoisotopic (exact) mass is 355 g/mol. The zero-order chi connectivity index (χ0) is 18.8. The van der Waals surface area contributed by atoms with Crippen molar-refractivity contribution in [2.45, 2.75) is 6.42 Å². The van der Waals surface area contributed by atoms with Crippen LogP contribution in [0, 0.1) is 0 Å². The van der Waals surface area contributed by atoms with Gasteiger partial charge in [-0.15, -0.1) is 0 Å². The fourth-order valence-corrected chi connectivity index (χ4v) is 2.37. The average Bonchev–Trinajstić information content (AvgIpc) is 2.60. The summed E-state index contributed by atoms with van der Waals surface area (Å²) >= 11 is 0. The molecule has 2 aromatic carbocycles. The molecule has 9 nitrogen and oxygen atoms in total. The molecule has 3 aromatic rings. The van der Waals surface area contributed by atoms with Crippen LogP contribution in [-0.4, -0.2) is 46.5 Å². The molecule has 26 heavy (non-hydrogen) atoms. The smallest absolute Gasteiger partial charge is 0.307 e. The highest BCUT2D eigenvalue weighted by Gasteiger charge is 2.17. The standard InChI is InChI=1S/C17H13N3O6/c21-10-3-9(5-14(24)25)15(26)11(6-10)17-19-7-18-16(20-17)8-1-2-12(22)13(23)4-8/h1-4,6-7,21-23,26H,5H2,(H,24,25). The van der Waals surface area contributed by atoms with E-state index in [4.69, 9.17) is 5.11 Å². The summed E-state index contributed by atoms with van der Waals surface area (Å²) in [5.41, 5.74) is 0.430. The molecule has 132 valence electrons. The van der Waals surface area contributed by atoms with Gasteiger partial charge < -0.3 is 25.5 Å². The van der Waals surface area contributed by atoms with Gasteiger partial charge in [0, 0.05) is 11.1 Å². The Morgan fingerprint density at radius 3 is 2.35 bits per heavy atom. The largest absolute Gasteiger partial charge is 0.508 e. The van der Waals surface area contributed by atoms with Crippen LogP contribution in [0.1, 0.15) is 5.56 Å². The quantitative estimate of drug-likeness (QED) is 0.347. The predicted molar refractivity (Wildman–Crippen MR) is 88.7 cm³/mol. The lowest BCUT2D eigenvalue weighted by Crippen LogP contribution is -2.02. The normalized spacial score (nSPS) is 10.6. The van der Waals surface area contributed by atoms with E-state index in [9.17, 15) is 25.2 Å². The number of carbonyl (C=O) groups is 1. The number of hydrogen-bond donors (Lipinski definition) is 5. The number of carboxylic acids is 1. The van der Waals surface area contributed by atoms with Crippen LogP contribution in [0.3, 0.4) is 0 Å². The molecule has 0 fully saturated rings. The van der Waals surface area contributed by atoms with E-state index in [1.54, 1.807) is 0 Å². The highest BCUT2D eigenvalue weighted by Crippen LogP contribution is 2.35. The third-order valence-corrected chi connectivity index (χ3v) is 3.56. The number of rotatable bonds is 4. The van der Waals surface area contributed by atoms with Gasteiger partial charge in [-0.3, -0.25) is 4.79 Å². The minimum atomic E-state index is -1.17. The summed E-state index contributed by atoms with van der Waals surface area (Å²) in [5.74, 6) is -2.29. The van der Waals surface area contributed by atoms with E-state index in [0.717, 1.165) is 6.07 Å². The Bertz CT molecular complexity index is 1010. The molecular formula is C17H13N3O6. The van der Waals surface area contributed by atoms with E-state index in [2.05, 4.69) is 15.0 Å². The molecule has 0 unspecified atom stereocenters. The first-order valence-electron chi connectivity index (χ1n) is 7.33. The Morgan fingerprint density at radius 1 is 0.923 bits per heavy atom. The Morgan fingerprint density at radius 2 is 1.65 bits per heavy atom. The summed E-state index contributed by atoms with van der Waals surface area (Å²) in [7, 11) is 0. The number of phenols is 4. The van der Waals surface area contributed by atoms with Crippen LogP contribution in [0.5, 0.6) is 23.0 Å². The second-order valence-corrected chi connectivity index (χ2v) is 5.41. The van der Waals surface area contributed by atoms with Crippen LogP contribution in [-0.2, 0) is 11.2 Å². The third-order valence-electron chi connectivity index (χ3n) is 3.56. The van der Waals surface area contributed by atoms with Gasteiger partial charge >= 0.3 is 5.97 Å². The third kappa shape index (κ3) is 3.31. The first kappa shape index (κ1) is 17.0. The van der Waals surface area contributed by atoms with Crippen LogP contribution in [0.2, 0.25) is 0 Å². The molecule has 9 heteroatoms. The van der Waals surface area contributed by atoms with Gasteiger partial charge in [0.15, 0.2) is 23.1 Å². The fraction of sp³-hybridized carbons (Fsp3) is 0.0588. The summed E-state index contributed by atoms with van der Waals surface area (Å²) in [6.07, 6.45) is 0.680. The number of aromatic nitrogens is 3. The molecule has 1 heterocycles. The molecule has 0 aliphatic heterocycles. The first-order valence-corrected chi connectivity index (χ1v) is 7.33. The summed E-state index contributed by atoms with van der Waals surface area (Å²) in [6.45, 7) is 0. The SMILES string of the molecule is O=C(O)Cc1cc(O)cc(-c2ncnc(-c3ccc(O)c(O)c3)n2)c1O. The van der Waals surface area contributed by atoms with E-state index in [1.807, 2.05) is 0 Å². The van der Waals surface area contributed by atoms with E-state index in [1.165, 1.54) is 30.6 Å². The second kappa shape index (κ2) is 6.55. The van der Waals surface area contributed by atoms with Crippen LogP contribution in [0.15, 0.2) is 36.7 Å². The van der Waals surface area contributed by atoms with Crippen molar-refractivity contribution in [2.24, 2.45) is 0 Å². The Hall–Kier alpha value is -3.88. The van der Waals surface area contributed by atoms with E-state index >= 15 is 0 Å². The molecule has 3 rings (SSSR count). The lowest BCUT2D eigenvalue weighted by molar-refractivity contribution is -0.136. The number of carboxylic acid groups (broad SMARTS) is 1. The maximum absolute atomic E-state index is 10.9. The van der Waals surface area contributed by atoms with Gasteiger partial charge in [-0.25, -0.2) is 15.0 Å². The topological polar surface area (TPSA) is 157 Å². The van der Waals surface area contributed by atoms with Gasteiger partial charge in [0.2, 0.25) is 0 Å². The van der Waals surface area contributed by atoms with Gasteiger partial charge in [0.05, 0.1) is 12.0 Å². The van der Waals surface area contributed by atoms with Gasteiger partial charge in [0.25, 0.3) is 0 Å². The van der Waals surface area contributed by atoms with E-state index in [-0.39, 0.29) is 45.8 Å². The van der Waals surface area contributed by atoms with Crippen molar-refractivity contribution >= 4 is 5.97 Å². The summed E-state index contributed by atoms with van der Waals surface area (Å²) in [4.78, 5) is 23.0. The van der Waals surface area contributed by atoms with Crippen molar-refractivity contribution in [3.8, 4) is 45.8 Å². The molecule has 0 saturated carbocycles. The van der Waals surface area contributed by atoms with Crippen molar-refractivity contribution in [3.05, 3.63) is 42.2 Å². The number of hydrogen-bond acceptors (Lipinski definition) is 8. The van der Waals surface area contributed by atoms with Gasteiger partial charge in [-0.1, -0.05) is 0 Å². The Balaban J connectivity index is 2.09. The highest BCUT2D eigenvalue weighted by molar-refractivity contribution is 5.76. The molecule has 0 amide bonds. The fourth-order valence-electron chi connectivity index (χ4n) is 2.37. The number of nitrogens with zero attached hydrogens (tertiary/aromatic N) is 3. The van der Waals surface area contributed by atoms with Gasteiger partial charge in [-0.2, -0.15) is 0 Å². The molecule has 0 aliphatic rings. The van der Waals surface area contributed by atoms with Crippen LogP contribution >= 0.6 is 0 Å². The first-order chi connectivity index (χ1) is 12.3. The minimum Gasteiger partial charge on any atom is -0.508 e. The number of aliphatic carboxylic acids is 1. The molecule has 0 spiro atoms. The average molecular weight is 355 g/mol. The molecule has 0 bridgehead atoms. The molecular weight excluding hydrogens is 342 g/mol. The predicted octanol–water partition coefficient (Wildman–Crippen LogP) is 1.66. The van der Waals surface area contributed by atoms with Crippen LogP contribution in [0.4, 0.5) is 0 Å². The second-order valence-electron chi connectivity index (χ2n) is 5.41. The van der Waals surface area contributed by atoms with E-state index < -0.39 is 12.4 Å². The van der Waals surface area contributed by atoms with Crippen molar-refractivity contribution in [3.63, 3.8) is 0 Å². The maximum Gasteiger partial charge on any atom is 0.307 e. The Kier molecular flexibility index (Phi) is 4.27.